The number of anilines is 3. The first-order valence-electron chi connectivity index (χ1n) is 8.38. The van der Waals surface area contributed by atoms with E-state index in [0.29, 0.717) is 11.1 Å². The van der Waals surface area contributed by atoms with Crippen molar-refractivity contribution in [2.45, 2.75) is 0 Å². The van der Waals surface area contributed by atoms with Crippen LogP contribution in [0.2, 0.25) is 0 Å². The van der Waals surface area contributed by atoms with E-state index in [1.54, 1.807) is 12.1 Å². The van der Waals surface area contributed by atoms with Gasteiger partial charge in [0.2, 0.25) is 11.6 Å². The second-order valence-corrected chi connectivity index (χ2v) is 6.45. The lowest BCUT2D eigenvalue weighted by atomic mass is 9.78. The standard InChI is InChI=1S/C24H11NO2/c1-3-22(26)14-8-10-17-18(12-14)16-6-5-7-20(24(16)17)25-19-11-9-15(13-21(19)25)23(27)4-2/h1-2,5-13H. The summed E-state index contributed by atoms with van der Waals surface area (Å²) in [6, 6.07) is 17.1. The normalized spacial score (nSPS) is 11.9. The van der Waals surface area contributed by atoms with E-state index in [0.717, 1.165) is 39.3 Å². The monoisotopic (exact) mass is 345 g/mol. The van der Waals surface area contributed by atoms with E-state index in [2.05, 4.69) is 16.7 Å². The lowest BCUT2D eigenvalue weighted by Crippen LogP contribution is -2.05. The molecule has 3 aromatic carbocycles. The van der Waals surface area contributed by atoms with Gasteiger partial charge < -0.3 is 4.90 Å². The zero-order valence-corrected chi connectivity index (χ0v) is 14.1. The van der Waals surface area contributed by atoms with Gasteiger partial charge in [0.15, 0.2) is 0 Å². The number of benzene rings is 3. The van der Waals surface area contributed by atoms with Crippen LogP contribution in [0.4, 0.5) is 17.1 Å². The third-order valence-electron chi connectivity index (χ3n) is 5.06. The molecule has 3 heteroatoms. The Bertz CT molecular complexity index is 1280. The summed E-state index contributed by atoms with van der Waals surface area (Å²) in [6.45, 7) is 0. The summed E-state index contributed by atoms with van der Waals surface area (Å²) >= 11 is 0. The van der Waals surface area contributed by atoms with Crippen molar-refractivity contribution in [2.24, 2.45) is 0 Å². The molecule has 0 aromatic heterocycles. The highest BCUT2D eigenvalue weighted by Crippen LogP contribution is 2.60. The summed E-state index contributed by atoms with van der Waals surface area (Å²) in [6.07, 6.45) is 10.4. The van der Waals surface area contributed by atoms with Gasteiger partial charge >= 0.3 is 0 Å². The van der Waals surface area contributed by atoms with E-state index in [9.17, 15) is 9.59 Å². The number of ketones is 2. The van der Waals surface area contributed by atoms with Crippen LogP contribution < -0.4 is 4.90 Å². The summed E-state index contributed by atoms with van der Waals surface area (Å²) in [5.74, 6) is 3.68. The highest BCUT2D eigenvalue weighted by Gasteiger charge is 2.36. The van der Waals surface area contributed by atoms with Crippen LogP contribution in [0.1, 0.15) is 20.7 Å². The van der Waals surface area contributed by atoms with E-state index >= 15 is 0 Å². The minimum Gasteiger partial charge on any atom is -0.306 e. The highest BCUT2D eigenvalue weighted by molar-refractivity contribution is 6.17. The second-order valence-electron chi connectivity index (χ2n) is 6.45. The molecule has 1 aliphatic carbocycles. The van der Waals surface area contributed by atoms with Gasteiger partial charge in [-0.05, 0) is 64.9 Å². The molecule has 27 heavy (non-hydrogen) atoms. The lowest BCUT2D eigenvalue weighted by Gasteiger charge is -2.27. The van der Waals surface area contributed by atoms with Crippen LogP contribution >= 0.6 is 0 Å². The van der Waals surface area contributed by atoms with Crippen LogP contribution in [0.5, 0.6) is 0 Å². The third-order valence-corrected chi connectivity index (χ3v) is 5.06. The molecule has 0 radical (unpaired) electrons. The highest BCUT2D eigenvalue weighted by atomic mass is 16.1. The topological polar surface area (TPSA) is 37.1 Å². The largest absolute Gasteiger partial charge is 0.306 e. The zero-order valence-electron chi connectivity index (χ0n) is 14.1. The molecule has 0 saturated heterocycles. The molecule has 5 rings (SSSR count). The van der Waals surface area contributed by atoms with Crippen LogP contribution in [0.15, 0.2) is 54.6 Å². The minimum atomic E-state index is -0.318. The Morgan fingerprint density at radius 3 is 2.15 bits per heavy atom. The summed E-state index contributed by atoms with van der Waals surface area (Å²) in [5, 5.41) is 0. The first kappa shape index (κ1) is 15.2. The van der Waals surface area contributed by atoms with Gasteiger partial charge in [0.1, 0.15) is 0 Å². The summed E-state index contributed by atoms with van der Waals surface area (Å²) < 4.78 is 0. The third kappa shape index (κ3) is 2.00. The Morgan fingerprint density at radius 1 is 0.704 bits per heavy atom. The average Bonchev–Trinajstić information content (AvgIpc) is 3.43. The molecule has 3 nitrogen and oxygen atoms in total. The number of carbonyl (C=O) groups excluding carboxylic acids is 2. The van der Waals surface area contributed by atoms with Crippen molar-refractivity contribution in [2.75, 3.05) is 4.90 Å². The molecule has 124 valence electrons. The van der Waals surface area contributed by atoms with Gasteiger partial charge in [-0.25, -0.2) is 0 Å². The molecule has 0 bridgehead atoms. The maximum absolute atomic E-state index is 11.8. The molecule has 0 saturated carbocycles. The summed E-state index contributed by atoms with van der Waals surface area (Å²) in [5.41, 5.74) is 8.48. The number of rotatable bonds is 3. The second kappa shape index (κ2) is 5.21. The van der Waals surface area contributed by atoms with E-state index < -0.39 is 0 Å². The van der Waals surface area contributed by atoms with Gasteiger partial charge in [0.05, 0.1) is 17.1 Å². The maximum Gasteiger partial charge on any atom is 0.235 e. The Morgan fingerprint density at radius 2 is 1.41 bits per heavy atom. The van der Waals surface area contributed by atoms with Crippen LogP contribution in [0.3, 0.4) is 0 Å². The van der Waals surface area contributed by atoms with Crippen molar-refractivity contribution < 1.29 is 9.59 Å². The van der Waals surface area contributed by atoms with Crippen molar-refractivity contribution in [1.82, 2.24) is 0 Å². The molecule has 0 unspecified atom stereocenters. The maximum atomic E-state index is 11.8. The van der Waals surface area contributed by atoms with E-state index in [-0.39, 0.29) is 11.6 Å². The van der Waals surface area contributed by atoms with Gasteiger partial charge in [0.25, 0.3) is 0 Å². The smallest absolute Gasteiger partial charge is 0.235 e. The Labute approximate surface area is 156 Å². The van der Waals surface area contributed by atoms with Gasteiger partial charge in [-0.2, -0.15) is 0 Å². The predicted molar refractivity (Wildman–Crippen MR) is 105 cm³/mol. The Balaban J connectivity index is 1.55. The van der Waals surface area contributed by atoms with Crippen LogP contribution in [-0.2, 0) is 0 Å². The van der Waals surface area contributed by atoms with E-state index in [4.69, 9.17) is 12.8 Å². The fourth-order valence-corrected chi connectivity index (χ4v) is 3.72. The van der Waals surface area contributed by atoms with Crippen molar-refractivity contribution in [3.63, 3.8) is 0 Å². The number of fused-ring (bicyclic) bond motifs is 5. The molecule has 0 spiro atoms. The molecule has 2 aliphatic rings. The number of terminal acetylenes is 2. The predicted octanol–water partition coefficient (Wildman–Crippen LogP) is 4.75. The number of hydrogen-bond donors (Lipinski definition) is 0. The summed E-state index contributed by atoms with van der Waals surface area (Å²) in [7, 11) is 0. The fourth-order valence-electron chi connectivity index (χ4n) is 3.72. The van der Waals surface area contributed by atoms with E-state index in [1.807, 2.05) is 42.5 Å². The Hall–Kier alpha value is -4.08. The van der Waals surface area contributed by atoms with Gasteiger partial charge in [-0.1, -0.05) is 18.2 Å². The van der Waals surface area contributed by atoms with Crippen molar-refractivity contribution in [3.05, 3.63) is 65.7 Å². The lowest BCUT2D eigenvalue weighted by molar-refractivity contribution is 0.104. The van der Waals surface area contributed by atoms with Gasteiger partial charge in [0, 0.05) is 16.7 Å². The first-order valence-corrected chi connectivity index (χ1v) is 8.38. The van der Waals surface area contributed by atoms with Crippen molar-refractivity contribution in [1.29, 1.82) is 0 Å². The Kier molecular flexibility index (Phi) is 2.93. The molecule has 0 amide bonds. The quantitative estimate of drug-likeness (QED) is 0.205. The fraction of sp³-hybridized carbons (Fsp3) is 0. The van der Waals surface area contributed by atoms with Crippen molar-refractivity contribution >= 4 is 28.6 Å². The molecule has 3 aromatic rings. The number of carbonyl (C=O) groups is 2. The molecule has 1 aliphatic heterocycles. The molecule has 1 heterocycles. The van der Waals surface area contributed by atoms with Gasteiger partial charge in [-0.15, -0.1) is 12.8 Å². The molecule has 0 N–H and O–H groups in total. The minimum absolute atomic E-state index is 0.313. The van der Waals surface area contributed by atoms with Crippen LogP contribution in [0, 0.1) is 24.7 Å². The number of Topliss-reactive ketones (excluding diaryl/α,β-unsaturated/α-hetero) is 2. The molecular weight excluding hydrogens is 334 g/mol. The van der Waals surface area contributed by atoms with Crippen LogP contribution in [0.25, 0.3) is 22.3 Å². The number of hydrogen-bond acceptors (Lipinski definition) is 3. The summed E-state index contributed by atoms with van der Waals surface area (Å²) in [4.78, 5) is 25.6. The zero-order chi connectivity index (χ0) is 18.7. The van der Waals surface area contributed by atoms with E-state index in [1.165, 1.54) is 0 Å². The number of nitrogens with zero attached hydrogens (tertiary/aromatic N) is 1. The van der Waals surface area contributed by atoms with Gasteiger partial charge in [-0.3, -0.25) is 9.59 Å². The molecular formula is C24H11NO2. The SMILES string of the molecule is C#CC(=O)c1ccc2c(c1)-c1cccc(N3c4ccc(C(=O)C#C)cc43)c1-2. The molecule has 0 atom stereocenters. The van der Waals surface area contributed by atoms with Crippen molar-refractivity contribution in [3.8, 4) is 46.9 Å². The first-order chi connectivity index (χ1) is 13.1. The van der Waals surface area contributed by atoms with Crippen LogP contribution in [-0.4, -0.2) is 11.6 Å². The molecule has 0 fully saturated rings. The average molecular weight is 345 g/mol.